The number of nitrogens with one attached hydrogen (secondary N) is 1. The first-order chi connectivity index (χ1) is 10.2. The number of aryl methyl sites for hydroxylation is 1. The van der Waals surface area contributed by atoms with Gasteiger partial charge in [-0.25, -0.2) is 0 Å². The third kappa shape index (κ3) is 3.46. The van der Waals surface area contributed by atoms with Crippen molar-refractivity contribution in [2.24, 2.45) is 0 Å². The van der Waals surface area contributed by atoms with Crippen LogP contribution in [-0.4, -0.2) is 14.2 Å². The van der Waals surface area contributed by atoms with E-state index in [0.717, 1.165) is 22.6 Å². The van der Waals surface area contributed by atoms with Crippen molar-refractivity contribution >= 4 is 5.69 Å². The Balaban J connectivity index is 2.14. The van der Waals surface area contributed by atoms with E-state index in [1.807, 2.05) is 43.3 Å². The van der Waals surface area contributed by atoms with Crippen LogP contribution < -0.4 is 14.8 Å². The molecule has 0 aliphatic heterocycles. The molecule has 0 saturated carbocycles. The van der Waals surface area contributed by atoms with Crippen LogP contribution in [0.1, 0.15) is 16.7 Å². The van der Waals surface area contributed by atoms with E-state index in [0.29, 0.717) is 17.9 Å². The van der Waals surface area contributed by atoms with Crippen molar-refractivity contribution < 1.29 is 9.47 Å². The highest BCUT2D eigenvalue weighted by Gasteiger charge is 2.08. The second kappa shape index (κ2) is 6.67. The van der Waals surface area contributed by atoms with E-state index in [4.69, 9.17) is 14.7 Å². The van der Waals surface area contributed by atoms with Gasteiger partial charge in [-0.3, -0.25) is 0 Å². The molecule has 0 aliphatic carbocycles. The second-order valence-electron chi connectivity index (χ2n) is 4.68. The van der Waals surface area contributed by atoms with Crippen LogP contribution in [0.5, 0.6) is 11.5 Å². The molecule has 108 valence electrons. The fourth-order valence-electron chi connectivity index (χ4n) is 2.07. The highest BCUT2D eigenvalue weighted by atomic mass is 16.5. The Hall–Kier alpha value is -2.67. The van der Waals surface area contributed by atoms with Crippen molar-refractivity contribution in [3.8, 4) is 17.6 Å². The molecule has 0 aromatic heterocycles. The van der Waals surface area contributed by atoms with Gasteiger partial charge in [0.15, 0.2) is 11.5 Å². The lowest BCUT2D eigenvalue weighted by Crippen LogP contribution is -2.02. The predicted octanol–water partition coefficient (Wildman–Crippen LogP) is 3.50. The summed E-state index contributed by atoms with van der Waals surface area (Å²) in [4.78, 5) is 0. The molecule has 0 saturated heterocycles. The van der Waals surface area contributed by atoms with Crippen LogP contribution in [0.4, 0.5) is 5.69 Å². The third-order valence-electron chi connectivity index (χ3n) is 3.30. The lowest BCUT2D eigenvalue weighted by Gasteiger charge is -2.14. The quantitative estimate of drug-likeness (QED) is 0.912. The first-order valence-corrected chi connectivity index (χ1v) is 6.63. The van der Waals surface area contributed by atoms with Gasteiger partial charge in [-0.05, 0) is 36.2 Å². The number of nitrogens with zero attached hydrogens (tertiary/aromatic N) is 1. The first-order valence-electron chi connectivity index (χ1n) is 6.63. The largest absolute Gasteiger partial charge is 0.493 e. The second-order valence-corrected chi connectivity index (χ2v) is 4.68. The van der Waals surface area contributed by atoms with E-state index >= 15 is 0 Å². The fourth-order valence-corrected chi connectivity index (χ4v) is 2.07. The van der Waals surface area contributed by atoms with Crippen molar-refractivity contribution in [2.45, 2.75) is 13.5 Å². The zero-order valence-electron chi connectivity index (χ0n) is 12.4. The molecule has 0 radical (unpaired) electrons. The van der Waals surface area contributed by atoms with Gasteiger partial charge >= 0.3 is 0 Å². The van der Waals surface area contributed by atoms with Crippen molar-refractivity contribution in [1.29, 1.82) is 5.26 Å². The highest BCUT2D eigenvalue weighted by Crippen LogP contribution is 2.33. The lowest BCUT2D eigenvalue weighted by molar-refractivity contribution is 0.355. The number of anilines is 1. The number of benzene rings is 2. The van der Waals surface area contributed by atoms with Gasteiger partial charge in [0.05, 0.1) is 25.9 Å². The summed E-state index contributed by atoms with van der Waals surface area (Å²) < 4.78 is 10.6. The number of hydrogen-bond donors (Lipinski definition) is 1. The Morgan fingerprint density at radius 1 is 1.05 bits per heavy atom. The normalized spacial score (nSPS) is 9.81. The molecule has 0 amide bonds. The van der Waals surface area contributed by atoms with Gasteiger partial charge in [0.25, 0.3) is 0 Å². The third-order valence-corrected chi connectivity index (χ3v) is 3.30. The van der Waals surface area contributed by atoms with Crippen molar-refractivity contribution in [3.05, 3.63) is 53.1 Å². The molecule has 1 N–H and O–H groups in total. The van der Waals surface area contributed by atoms with Gasteiger partial charge in [-0.15, -0.1) is 0 Å². The van der Waals surface area contributed by atoms with E-state index in [1.54, 1.807) is 14.2 Å². The summed E-state index contributed by atoms with van der Waals surface area (Å²) in [6.07, 6.45) is 0. The molecule has 0 atom stereocenters. The summed E-state index contributed by atoms with van der Waals surface area (Å²) in [7, 11) is 3.25. The van der Waals surface area contributed by atoms with Crippen LogP contribution in [0.25, 0.3) is 0 Å². The SMILES string of the molecule is COc1cc(C)c(NCc2ccc(C#N)cc2)cc1OC. The minimum atomic E-state index is 0.668. The number of ether oxygens (including phenoxy) is 2. The predicted molar refractivity (Wildman–Crippen MR) is 82.8 cm³/mol. The minimum absolute atomic E-state index is 0.668. The Morgan fingerprint density at radius 3 is 2.24 bits per heavy atom. The molecule has 2 aromatic rings. The van der Waals surface area contributed by atoms with Gasteiger partial charge in [0, 0.05) is 18.3 Å². The molecule has 4 nitrogen and oxygen atoms in total. The average Bonchev–Trinajstić information content (AvgIpc) is 2.53. The maximum Gasteiger partial charge on any atom is 0.162 e. The van der Waals surface area contributed by atoms with E-state index in [-0.39, 0.29) is 0 Å². The molecule has 21 heavy (non-hydrogen) atoms. The Bertz CT molecular complexity index is 658. The summed E-state index contributed by atoms with van der Waals surface area (Å²) in [5.74, 6) is 1.42. The molecule has 4 heteroatoms. The van der Waals surface area contributed by atoms with Gasteiger partial charge < -0.3 is 14.8 Å². The Kier molecular flexibility index (Phi) is 4.68. The summed E-state index contributed by atoms with van der Waals surface area (Å²) in [6.45, 7) is 2.70. The summed E-state index contributed by atoms with van der Waals surface area (Å²) in [5, 5.41) is 12.2. The van der Waals surface area contributed by atoms with E-state index in [9.17, 15) is 0 Å². The summed E-state index contributed by atoms with van der Waals surface area (Å²) >= 11 is 0. The van der Waals surface area contributed by atoms with Crippen LogP contribution in [0.2, 0.25) is 0 Å². The van der Waals surface area contributed by atoms with Gasteiger partial charge in [-0.2, -0.15) is 5.26 Å². The zero-order chi connectivity index (χ0) is 15.2. The number of hydrogen-bond acceptors (Lipinski definition) is 4. The number of methoxy groups -OCH3 is 2. The molecule has 0 bridgehead atoms. The van der Waals surface area contributed by atoms with Crippen LogP contribution in [0.15, 0.2) is 36.4 Å². The van der Waals surface area contributed by atoms with E-state index < -0.39 is 0 Å². The highest BCUT2D eigenvalue weighted by molar-refractivity contribution is 5.60. The lowest BCUT2D eigenvalue weighted by atomic mass is 10.1. The first kappa shape index (κ1) is 14.7. The van der Waals surface area contributed by atoms with E-state index in [1.165, 1.54) is 0 Å². The topological polar surface area (TPSA) is 54.3 Å². The maximum absolute atomic E-state index is 8.79. The zero-order valence-corrected chi connectivity index (χ0v) is 12.4. The average molecular weight is 282 g/mol. The van der Waals surface area contributed by atoms with Crippen LogP contribution in [-0.2, 0) is 6.54 Å². The maximum atomic E-state index is 8.79. The summed E-state index contributed by atoms with van der Waals surface area (Å²) in [5.41, 5.74) is 3.86. The fraction of sp³-hybridized carbons (Fsp3) is 0.235. The van der Waals surface area contributed by atoms with Crippen LogP contribution >= 0.6 is 0 Å². The molecule has 0 unspecified atom stereocenters. The molecule has 2 rings (SSSR count). The van der Waals surface area contributed by atoms with Crippen LogP contribution in [0, 0.1) is 18.3 Å². The van der Waals surface area contributed by atoms with Gasteiger partial charge in [0.2, 0.25) is 0 Å². The van der Waals surface area contributed by atoms with E-state index in [2.05, 4.69) is 11.4 Å². The standard InChI is InChI=1S/C17H18N2O2/c1-12-8-16(20-2)17(21-3)9-15(12)19-11-14-6-4-13(10-18)5-7-14/h4-9,19H,11H2,1-3H3. The molecule has 0 spiro atoms. The van der Waals surface area contributed by atoms with Gasteiger partial charge in [0.1, 0.15) is 0 Å². The minimum Gasteiger partial charge on any atom is -0.493 e. The van der Waals surface area contributed by atoms with Gasteiger partial charge in [-0.1, -0.05) is 12.1 Å². The van der Waals surface area contributed by atoms with Crippen LogP contribution in [0.3, 0.4) is 0 Å². The number of rotatable bonds is 5. The molecule has 0 fully saturated rings. The van der Waals surface area contributed by atoms with Crippen molar-refractivity contribution in [2.75, 3.05) is 19.5 Å². The molecule has 2 aromatic carbocycles. The Labute approximate surface area is 124 Å². The van der Waals surface area contributed by atoms with Crippen molar-refractivity contribution in [3.63, 3.8) is 0 Å². The molecule has 0 aliphatic rings. The number of nitriles is 1. The smallest absolute Gasteiger partial charge is 0.162 e. The van der Waals surface area contributed by atoms with Crippen molar-refractivity contribution in [1.82, 2.24) is 0 Å². The Morgan fingerprint density at radius 2 is 1.67 bits per heavy atom. The monoisotopic (exact) mass is 282 g/mol. The molecule has 0 heterocycles. The summed E-state index contributed by atoms with van der Waals surface area (Å²) in [6, 6.07) is 13.5. The molecular formula is C17H18N2O2. The molecular weight excluding hydrogens is 264 g/mol.